The molecule has 1 aliphatic heterocycles. The van der Waals surface area contributed by atoms with E-state index in [-0.39, 0.29) is 18.5 Å². The lowest BCUT2D eigenvalue weighted by molar-refractivity contribution is -0.131. The number of oxazole rings is 1. The van der Waals surface area contributed by atoms with Crippen LogP contribution in [0.1, 0.15) is 38.6 Å². The van der Waals surface area contributed by atoms with Gasteiger partial charge in [-0.2, -0.15) is 0 Å². The molecule has 2 aromatic rings. The number of rotatable bonds is 5. The third kappa shape index (κ3) is 3.29. The third-order valence-corrected chi connectivity index (χ3v) is 4.38. The summed E-state index contributed by atoms with van der Waals surface area (Å²) in [6.07, 6.45) is 0.598. The second-order valence-corrected chi connectivity index (χ2v) is 7.14. The summed E-state index contributed by atoms with van der Waals surface area (Å²) >= 11 is 0. The minimum absolute atomic E-state index is 0.112. The van der Waals surface area contributed by atoms with E-state index >= 15 is 0 Å². The lowest BCUT2D eigenvalue weighted by Crippen LogP contribution is -2.44. The standard InChI is InChI=1S/C19H23N3O3/c1-12(2)10-19(4)17(23)22(18(24)21-19)11-15-13(3)25-16(20-15)14-8-6-5-7-9-14/h5-9,12H,10-11H2,1-4H3,(H,21,24)/t19-/m0/s1. The molecule has 3 rings (SSSR count). The Morgan fingerprint density at radius 1 is 1.24 bits per heavy atom. The van der Waals surface area contributed by atoms with Crippen LogP contribution in [0.5, 0.6) is 0 Å². The minimum Gasteiger partial charge on any atom is -0.441 e. The molecule has 0 unspecified atom stereocenters. The number of aryl methyl sites for hydroxylation is 1. The SMILES string of the molecule is Cc1oc(-c2ccccc2)nc1CN1C(=O)N[C@@](C)(CC(C)C)C1=O. The van der Waals surface area contributed by atoms with Gasteiger partial charge in [0, 0.05) is 5.56 Å². The van der Waals surface area contributed by atoms with Gasteiger partial charge in [-0.25, -0.2) is 9.78 Å². The van der Waals surface area contributed by atoms with Gasteiger partial charge in [0.2, 0.25) is 5.89 Å². The van der Waals surface area contributed by atoms with Crippen molar-refractivity contribution in [2.75, 3.05) is 0 Å². The maximum Gasteiger partial charge on any atom is 0.325 e. The molecule has 1 aromatic heterocycles. The average molecular weight is 341 g/mol. The lowest BCUT2D eigenvalue weighted by atomic mass is 9.91. The molecule has 1 atom stereocenters. The van der Waals surface area contributed by atoms with Gasteiger partial charge in [0.25, 0.3) is 5.91 Å². The topological polar surface area (TPSA) is 75.4 Å². The first kappa shape index (κ1) is 17.2. The van der Waals surface area contributed by atoms with Gasteiger partial charge in [-0.05, 0) is 38.3 Å². The van der Waals surface area contributed by atoms with Crippen LogP contribution < -0.4 is 5.32 Å². The Bertz CT molecular complexity index is 798. The summed E-state index contributed by atoms with van der Waals surface area (Å²) in [4.78, 5) is 30.8. The Morgan fingerprint density at radius 3 is 2.56 bits per heavy atom. The molecule has 1 aromatic carbocycles. The number of urea groups is 1. The number of carbonyl (C=O) groups excluding carboxylic acids is 2. The zero-order valence-electron chi connectivity index (χ0n) is 15.0. The van der Waals surface area contributed by atoms with Crippen molar-refractivity contribution in [2.24, 2.45) is 5.92 Å². The van der Waals surface area contributed by atoms with Crippen molar-refractivity contribution in [1.29, 1.82) is 0 Å². The first-order valence-electron chi connectivity index (χ1n) is 8.46. The minimum atomic E-state index is -0.856. The Hall–Kier alpha value is -2.63. The maximum absolute atomic E-state index is 12.7. The van der Waals surface area contributed by atoms with Crippen molar-refractivity contribution in [3.05, 3.63) is 41.8 Å². The van der Waals surface area contributed by atoms with Crippen LogP contribution >= 0.6 is 0 Å². The van der Waals surface area contributed by atoms with Crippen molar-refractivity contribution in [2.45, 2.75) is 46.2 Å². The number of nitrogens with one attached hydrogen (secondary N) is 1. The average Bonchev–Trinajstić information content (AvgIpc) is 3.01. The molecule has 25 heavy (non-hydrogen) atoms. The van der Waals surface area contributed by atoms with Gasteiger partial charge in [0.15, 0.2) is 0 Å². The van der Waals surface area contributed by atoms with E-state index in [4.69, 9.17) is 4.42 Å². The second-order valence-electron chi connectivity index (χ2n) is 7.14. The molecule has 2 heterocycles. The number of nitrogens with zero attached hydrogens (tertiary/aromatic N) is 2. The van der Waals surface area contributed by atoms with E-state index in [1.807, 2.05) is 44.2 Å². The van der Waals surface area contributed by atoms with Crippen LogP contribution in [0.15, 0.2) is 34.7 Å². The number of imide groups is 1. The molecule has 1 saturated heterocycles. The van der Waals surface area contributed by atoms with Crippen LogP contribution in [0.3, 0.4) is 0 Å². The van der Waals surface area contributed by atoms with Gasteiger partial charge >= 0.3 is 6.03 Å². The predicted molar refractivity (Wildman–Crippen MR) is 93.6 cm³/mol. The Kier molecular flexibility index (Phi) is 4.37. The highest BCUT2D eigenvalue weighted by atomic mass is 16.4. The van der Waals surface area contributed by atoms with Gasteiger partial charge in [-0.1, -0.05) is 32.0 Å². The summed E-state index contributed by atoms with van der Waals surface area (Å²) in [5.74, 6) is 1.18. The van der Waals surface area contributed by atoms with Crippen LogP contribution in [-0.4, -0.2) is 27.4 Å². The third-order valence-electron chi connectivity index (χ3n) is 4.38. The largest absolute Gasteiger partial charge is 0.441 e. The molecule has 0 radical (unpaired) electrons. The number of hydrogen-bond donors (Lipinski definition) is 1. The van der Waals surface area contributed by atoms with Crippen LogP contribution in [0.25, 0.3) is 11.5 Å². The van der Waals surface area contributed by atoms with Crippen LogP contribution in [0, 0.1) is 12.8 Å². The normalized spacial score (nSPS) is 20.4. The zero-order valence-corrected chi connectivity index (χ0v) is 15.0. The van der Waals surface area contributed by atoms with Gasteiger partial charge in [0.05, 0.1) is 6.54 Å². The number of hydrogen-bond acceptors (Lipinski definition) is 4. The Balaban J connectivity index is 1.82. The summed E-state index contributed by atoms with van der Waals surface area (Å²) < 4.78 is 5.72. The first-order chi connectivity index (χ1) is 11.8. The fourth-order valence-electron chi connectivity index (χ4n) is 3.27. The van der Waals surface area contributed by atoms with Crippen LogP contribution in [0.2, 0.25) is 0 Å². The molecule has 1 N–H and O–H groups in total. The number of amides is 3. The molecular weight excluding hydrogens is 318 g/mol. The Labute approximate surface area is 147 Å². The van der Waals surface area contributed by atoms with Gasteiger partial charge < -0.3 is 9.73 Å². The van der Waals surface area contributed by atoms with E-state index in [9.17, 15) is 9.59 Å². The zero-order chi connectivity index (χ0) is 18.2. The maximum atomic E-state index is 12.7. The van der Waals surface area contributed by atoms with E-state index in [0.717, 1.165) is 5.56 Å². The summed E-state index contributed by atoms with van der Waals surface area (Å²) in [5.41, 5.74) is 0.598. The highest BCUT2D eigenvalue weighted by molar-refractivity contribution is 6.06. The van der Waals surface area contributed by atoms with Gasteiger partial charge in [0.1, 0.15) is 17.0 Å². The van der Waals surface area contributed by atoms with Gasteiger partial charge in [-0.15, -0.1) is 0 Å². The van der Waals surface area contributed by atoms with Crippen molar-refractivity contribution in [3.63, 3.8) is 0 Å². The van der Waals surface area contributed by atoms with Crippen molar-refractivity contribution in [1.82, 2.24) is 15.2 Å². The molecule has 1 fully saturated rings. The van der Waals surface area contributed by atoms with E-state index in [1.165, 1.54) is 4.90 Å². The molecule has 0 spiro atoms. The summed E-state index contributed by atoms with van der Waals surface area (Å²) in [6, 6.07) is 9.16. The fraction of sp³-hybridized carbons (Fsp3) is 0.421. The monoisotopic (exact) mass is 341 g/mol. The molecule has 0 bridgehead atoms. The predicted octanol–water partition coefficient (Wildman–Crippen LogP) is 3.51. The molecule has 6 nitrogen and oxygen atoms in total. The molecule has 1 aliphatic rings. The lowest BCUT2D eigenvalue weighted by Gasteiger charge is -2.23. The highest BCUT2D eigenvalue weighted by Gasteiger charge is 2.48. The van der Waals surface area contributed by atoms with E-state index < -0.39 is 5.54 Å². The van der Waals surface area contributed by atoms with Crippen LogP contribution in [0.4, 0.5) is 4.79 Å². The first-order valence-corrected chi connectivity index (χ1v) is 8.46. The molecule has 132 valence electrons. The number of aromatic nitrogens is 1. The summed E-state index contributed by atoms with van der Waals surface area (Å²) in [6.45, 7) is 7.74. The molecule has 6 heteroatoms. The molecular formula is C19H23N3O3. The summed E-state index contributed by atoms with van der Waals surface area (Å²) in [7, 11) is 0. The molecule has 0 aliphatic carbocycles. The molecule has 0 saturated carbocycles. The van der Waals surface area contributed by atoms with E-state index in [0.29, 0.717) is 29.7 Å². The Morgan fingerprint density at radius 2 is 1.92 bits per heavy atom. The van der Waals surface area contributed by atoms with Crippen molar-refractivity contribution >= 4 is 11.9 Å². The quantitative estimate of drug-likeness (QED) is 0.845. The van der Waals surface area contributed by atoms with E-state index in [2.05, 4.69) is 10.3 Å². The van der Waals surface area contributed by atoms with Crippen molar-refractivity contribution in [3.8, 4) is 11.5 Å². The number of carbonyl (C=O) groups is 2. The van der Waals surface area contributed by atoms with E-state index in [1.54, 1.807) is 13.8 Å². The highest BCUT2D eigenvalue weighted by Crippen LogP contribution is 2.28. The van der Waals surface area contributed by atoms with Crippen LogP contribution in [-0.2, 0) is 11.3 Å². The second kappa shape index (κ2) is 6.35. The number of benzene rings is 1. The molecule has 3 amide bonds. The summed E-state index contributed by atoms with van der Waals surface area (Å²) in [5, 5.41) is 2.82. The van der Waals surface area contributed by atoms with Gasteiger partial charge in [-0.3, -0.25) is 9.69 Å². The smallest absolute Gasteiger partial charge is 0.325 e. The van der Waals surface area contributed by atoms with Crippen molar-refractivity contribution < 1.29 is 14.0 Å². The fourth-order valence-corrected chi connectivity index (χ4v) is 3.27.